The zero-order valence-corrected chi connectivity index (χ0v) is 8.69. The molecular formula is C11H15NO3. The van der Waals surface area contributed by atoms with Gasteiger partial charge in [-0.25, -0.2) is 4.79 Å². The molecular weight excluding hydrogens is 194 g/mol. The maximum atomic E-state index is 11.0. The number of carbonyl (C=O) groups is 1. The van der Waals surface area contributed by atoms with E-state index in [9.17, 15) is 4.79 Å². The molecule has 0 unspecified atom stereocenters. The molecule has 0 bridgehead atoms. The number of hydrogen-bond donors (Lipinski definition) is 2. The van der Waals surface area contributed by atoms with Gasteiger partial charge in [-0.3, -0.25) is 0 Å². The van der Waals surface area contributed by atoms with Crippen LogP contribution in [0.2, 0.25) is 0 Å². The molecule has 0 aliphatic rings. The highest BCUT2D eigenvalue weighted by Crippen LogP contribution is 2.02. The summed E-state index contributed by atoms with van der Waals surface area (Å²) in [7, 11) is 0. The van der Waals surface area contributed by atoms with Gasteiger partial charge in [0.05, 0.1) is 6.61 Å². The molecule has 4 nitrogen and oxygen atoms in total. The average molecular weight is 209 g/mol. The van der Waals surface area contributed by atoms with Crippen molar-refractivity contribution in [3.63, 3.8) is 0 Å². The maximum absolute atomic E-state index is 11.0. The van der Waals surface area contributed by atoms with E-state index in [1.165, 1.54) is 5.56 Å². The van der Waals surface area contributed by atoms with Gasteiger partial charge in [-0.15, -0.1) is 0 Å². The summed E-state index contributed by atoms with van der Waals surface area (Å²) in [5.74, 6) is 0. The first-order chi connectivity index (χ1) is 7.22. The molecule has 1 rings (SSSR count). The molecule has 82 valence electrons. The van der Waals surface area contributed by atoms with Crippen LogP contribution in [0, 0.1) is 6.92 Å². The second-order valence-electron chi connectivity index (χ2n) is 3.20. The van der Waals surface area contributed by atoms with Crippen molar-refractivity contribution in [3.05, 3.63) is 35.4 Å². The molecule has 0 saturated heterocycles. The van der Waals surface area contributed by atoms with Gasteiger partial charge in [0.1, 0.15) is 6.61 Å². The van der Waals surface area contributed by atoms with Crippen LogP contribution in [0.15, 0.2) is 24.3 Å². The Labute approximate surface area is 88.9 Å². The van der Waals surface area contributed by atoms with Gasteiger partial charge in [-0.1, -0.05) is 29.8 Å². The molecule has 0 atom stereocenters. The van der Waals surface area contributed by atoms with Crippen molar-refractivity contribution >= 4 is 6.09 Å². The number of amides is 1. The highest BCUT2D eigenvalue weighted by molar-refractivity contribution is 5.67. The summed E-state index contributed by atoms with van der Waals surface area (Å²) < 4.78 is 4.64. The van der Waals surface area contributed by atoms with Crippen molar-refractivity contribution in [2.75, 3.05) is 13.2 Å². The Balaban J connectivity index is 2.30. The molecule has 4 heteroatoms. The summed E-state index contributed by atoms with van der Waals surface area (Å²) >= 11 is 0. The minimum atomic E-state index is -0.510. The summed E-state index contributed by atoms with van der Waals surface area (Å²) in [6.07, 6.45) is -0.510. The quantitative estimate of drug-likeness (QED) is 0.783. The zero-order chi connectivity index (χ0) is 11.1. The van der Waals surface area contributed by atoms with Gasteiger partial charge in [0.15, 0.2) is 0 Å². The summed E-state index contributed by atoms with van der Waals surface area (Å²) in [5, 5.41) is 11.0. The van der Waals surface area contributed by atoms with Crippen LogP contribution in [-0.2, 0) is 11.3 Å². The third-order valence-corrected chi connectivity index (χ3v) is 1.88. The number of aliphatic hydroxyl groups excluding tert-OH is 1. The Morgan fingerprint density at radius 2 is 2.07 bits per heavy atom. The third-order valence-electron chi connectivity index (χ3n) is 1.88. The van der Waals surface area contributed by atoms with Crippen LogP contribution in [0.25, 0.3) is 0 Å². The Hall–Kier alpha value is -1.55. The summed E-state index contributed by atoms with van der Waals surface area (Å²) in [4.78, 5) is 11.0. The number of alkyl carbamates (subject to hydrolysis) is 1. The second kappa shape index (κ2) is 6.03. The molecule has 15 heavy (non-hydrogen) atoms. The van der Waals surface area contributed by atoms with E-state index < -0.39 is 6.09 Å². The standard InChI is InChI=1S/C11H15NO3/c1-9-2-4-10(5-3-9)8-12-11(14)15-7-6-13/h2-5,13H,6-8H2,1H3,(H,12,14). The lowest BCUT2D eigenvalue weighted by Crippen LogP contribution is -2.24. The maximum Gasteiger partial charge on any atom is 0.407 e. The normalized spacial score (nSPS) is 9.73. The lowest BCUT2D eigenvalue weighted by molar-refractivity contribution is 0.119. The molecule has 2 N–H and O–H groups in total. The Morgan fingerprint density at radius 3 is 2.67 bits per heavy atom. The fourth-order valence-corrected chi connectivity index (χ4v) is 1.07. The predicted molar refractivity (Wildman–Crippen MR) is 56.5 cm³/mol. The van der Waals surface area contributed by atoms with E-state index in [-0.39, 0.29) is 13.2 Å². The third kappa shape index (κ3) is 4.46. The molecule has 0 fully saturated rings. The minimum absolute atomic E-state index is 0.0275. The van der Waals surface area contributed by atoms with Crippen molar-refractivity contribution in [2.45, 2.75) is 13.5 Å². The Kier molecular flexibility index (Phi) is 4.63. The minimum Gasteiger partial charge on any atom is -0.447 e. The molecule has 0 spiro atoms. The number of aliphatic hydroxyl groups is 1. The van der Waals surface area contributed by atoms with Crippen molar-refractivity contribution in [2.24, 2.45) is 0 Å². The van der Waals surface area contributed by atoms with Crippen LogP contribution in [0.4, 0.5) is 4.79 Å². The fraction of sp³-hybridized carbons (Fsp3) is 0.364. The van der Waals surface area contributed by atoms with Crippen molar-refractivity contribution in [1.29, 1.82) is 0 Å². The molecule has 0 aliphatic heterocycles. The van der Waals surface area contributed by atoms with E-state index in [2.05, 4.69) is 10.1 Å². The smallest absolute Gasteiger partial charge is 0.407 e. The molecule has 0 aromatic heterocycles. The number of hydrogen-bond acceptors (Lipinski definition) is 3. The van der Waals surface area contributed by atoms with Crippen LogP contribution < -0.4 is 5.32 Å². The van der Waals surface area contributed by atoms with Gasteiger partial charge >= 0.3 is 6.09 Å². The highest BCUT2D eigenvalue weighted by Gasteiger charge is 2.00. The number of ether oxygens (including phenoxy) is 1. The topological polar surface area (TPSA) is 58.6 Å². The van der Waals surface area contributed by atoms with Crippen molar-refractivity contribution in [3.8, 4) is 0 Å². The summed E-state index contributed by atoms with van der Waals surface area (Å²) in [5.41, 5.74) is 2.20. The molecule has 1 aromatic carbocycles. The molecule has 1 amide bonds. The number of aryl methyl sites for hydroxylation is 1. The summed E-state index contributed by atoms with van der Waals surface area (Å²) in [6.45, 7) is 2.31. The second-order valence-corrected chi connectivity index (χ2v) is 3.20. The van der Waals surface area contributed by atoms with Crippen LogP contribution in [0.3, 0.4) is 0 Å². The van der Waals surface area contributed by atoms with Crippen molar-refractivity contribution in [1.82, 2.24) is 5.32 Å². The number of carbonyl (C=O) groups excluding carboxylic acids is 1. The molecule has 0 saturated carbocycles. The van der Waals surface area contributed by atoms with Crippen LogP contribution >= 0.6 is 0 Å². The van der Waals surface area contributed by atoms with E-state index >= 15 is 0 Å². The monoisotopic (exact) mass is 209 g/mol. The van der Waals surface area contributed by atoms with Crippen LogP contribution in [-0.4, -0.2) is 24.4 Å². The number of rotatable bonds is 4. The first kappa shape index (κ1) is 11.5. The summed E-state index contributed by atoms with van der Waals surface area (Å²) in [6, 6.07) is 7.86. The Morgan fingerprint density at radius 1 is 1.40 bits per heavy atom. The molecule has 1 aromatic rings. The Bertz CT molecular complexity index is 308. The molecule has 0 radical (unpaired) electrons. The van der Waals surface area contributed by atoms with Crippen LogP contribution in [0.5, 0.6) is 0 Å². The highest BCUT2D eigenvalue weighted by atomic mass is 16.6. The first-order valence-electron chi connectivity index (χ1n) is 4.79. The SMILES string of the molecule is Cc1ccc(CNC(=O)OCCO)cc1. The van der Waals surface area contributed by atoms with E-state index in [4.69, 9.17) is 5.11 Å². The number of benzene rings is 1. The van der Waals surface area contributed by atoms with E-state index in [1.807, 2.05) is 31.2 Å². The van der Waals surface area contributed by atoms with Gasteiger partial charge < -0.3 is 15.2 Å². The van der Waals surface area contributed by atoms with E-state index in [1.54, 1.807) is 0 Å². The molecule has 0 heterocycles. The predicted octanol–water partition coefficient (Wildman–Crippen LogP) is 1.21. The lowest BCUT2D eigenvalue weighted by atomic mass is 10.1. The van der Waals surface area contributed by atoms with Crippen LogP contribution in [0.1, 0.15) is 11.1 Å². The van der Waals surface area contributed by atoms with Gasteiger partial charge in [0.2, 0.25) is 0 Å². The van der Waals surface area contributed by atoms with E-state index in [0.717, 1.165) is 5.56 Å². The average Bonchev–Trinajstić information content (AvgIpc) is 2.25. The fourth-order valence-electron chi connectivity index (χ4n) is 1.07. The van der Waals surface area contributed by atoms with Gasteiger partial charge in [-0.05, 0) is 12.5 Å². The largest absolute Gasteiger partial charge is 0.447 e. The number of nitrogens with one attached hydrogen (secondary N) is 1. The van der Waals surface area contributed by atoms with Gasteiger partial charge in [-0.2, -0.15) is 0 Å². The van der Waals surface area contributed by atoms with Crippen molar-refractivity contribution < 1.29 is 14.6 Å². The lowest BCUT2D eigenvalue weighted by Gasteiger charge is -2.05. The zero-order valence-electron chi connectivity index (χ0n) is 8.69. The van der Waals surface area contributed by atoms with Gasteiger partial charge in [0, 0.05) is 6.54 Å². The first-order valence-corrected chi connectivity index (χ1v) is 4.79. The van der Waals surface area contributed by atoms with Gasteiger partial charge in [0.25, 0.3) is 0 Å². The van der Waals surface area contributed by atoms with E-state index in [0.29, 0.717) is 6.54 Å². The molecule has 0 aliphatic carbocycles.